The van der Waals surface area contributed by atoms with Gasteiger partial charge in [0.25, 0.3) is 5.91 Å². The average Bonchev–Trinajstić information content (AvgIpc) is 2.78. The fourth-order valence-corrected chi connectivity index (χ4v) is 4.03. The summed E-state index contributed by atoms with van der Waals surface area (Å²) in [6.07, 6.45) is 1.55. The quantitative estimate of drug-likeness (QED) is 0.719. The molecule has 0 saturated carbocycles. The van der Waals surface area contributed by atoms with Crippen LogP contribution in [0, 0.1) is 23.1 Å². The van der Waals surface area contributed by atoms with Crippen LogP contribution in [0.3, 0.4) is 0 Å². The van der Waals surface area contributed by atoms with Gasteiger partial charge in [-0.2, -0.15) is 5.26 Å². The van der Waals surface area contributed by atoms with Crippen molar-refractivity contribution in [1.82, 2.24) is 4.90 Å². The summed E-state index contributed by atoms with van der Waals surface area (Å²) in [5.41, 5.74) is 0.887. The Morgan fingerprint density at radius 1 is 1.29 bits per heavy atom. The standard InChI is InChI=1S/C23H20ClFN2O4/c24-17-1-2-21(16(7-17)11-26)30-12-14-3-5-27(6-4-14)23(29)19-9-15-8-18(28)13-31-22(15)10-20(19)25/h1-2,7,9-10,14H,3-6,8,12-13H2. The van der Waals surface area contributed by atoms with Gasteiger partial charge >= 0.3 is 0 Å². The number of likely N-dealkylation sites (tertiary alicyclic amines) is 1. The van der Waals surface area contributed by atoms with Crippen molar-refractivity contribution in [1.29, 1.82) is 5.26 Å². The Bertz CT molecular complexity index is 1070. The topological polar surface area (TPSA) is 79.6 Å². The Balaban J connectivity index is 1.36. The highest BCUT2D eigenvalue weighted by atomic mass is 35.5. The van der Waals surface area contributed by atoms with Gasteiger partial charge in [0.2, 0.25) is 0 Å². The normalized spacial score (nSPS) is 16.3. The van der Waals surface area contributed by atoms with Gasteiger partial charge in [-0.1, -0.05) is 11.6 Å². The molecule has 0 bridgehead atoms. The molecule has 0 unspecified atom stereocenters. The van der Waals surface area contributed by atoms with Gasteiger partial charge in [-0.05, 0) is 43.0 Å². The number of nitrogens with zero attached hydrogens (tertiary/aromatic N) is 2. The molecule has 31 heavy (non-hydrogen) atoms. The third-order valence-electron chi connectivity index (χ3n) is 5.60. The molecule has 2 aromatic rings. The number of carbonyl (C=O) groups is 2. The fraction of sp³-hybridized carbons (Fsp3) is 0.348. The minimum absolute atomic E-state index is 0.0356. The van der Waals surface area contributed by atoms with Gasteiger partial charge in [0.1, 0.15) is 30.0 Å². The molecule has 1 saturated heterocycles. The maximum atomic E-state index is 14.5. The van der Waals surface area contributed by atoms with Gasteiger partial charge < -0.3 is 14.4 Å². The van der Waals surface area contributed by atoms with E-state index in [9.17, 15) is 19.2 Å². The molecule has 2 aromatic carbocycles. The van der Waals surface area contributed by atoms with Crippen LogP contribution in [0.2, 0.25) is 5.02 Å². The lowest BCUT2D eigenvalue weighted by Gasteiger charge is -2.32. The Labute approximate surface area is 184 Å². The van der Waals surface area contributed by atoms with Gasteiger partial charge in [0.05, 0.1) is 17.7 Å². The van der Waals surface area contributed by atoms with Crippen molar-refractivity contribution in [3.05, 3.63) is 57.9 Å². The Morgan fingerprint density at radius 3 is 2.81 bits per heavy atom. The van der Waals surface area contributed by atoms with Crippen molar-refractivity contribution in [2.75, 3.05) is 26.3 Å². The molecule has 8 heteroatoms. The first-order valence-electron chi connectivity index (χ1n) is 10.0. The van der Waals surface area contributed by atoms with E-state index in [-0.39, 0.29) is 36.2 Å². The number of hydrogen-bond acceptors (Lipinski definition) is 5. The largest absolute Gasteiger partial charge is 0.492 e. The number of nitriles is 1. The number of fused-ring (bicyclic) bond motifs is 1. The molecule has 0 aliphatic carbocycles. The number of Topliss-reactive ketones (excluding diaryl/α,β-unsaturated/α-hetero) is 1. The fourth-order valence-electron chi connectivity index (χ4n) is 3.85. The lowest BCUT2D eigenvalue weighted by molar-refractivity contribution is -0.121. The first-order valence-corrected chi connectivity index (χ1v) is 10.4. The van der Waals surface area contributed by atoms with Gasteiger partial charge in [-0.15, -0.1) is 0 Å². The Hall–Kier alpha value is -3.11. The summed E-state index contributed by atoms with van der Waals surface area (Å²) < 4.78 is 25.5. The molecule has 0 aromatic heterocycles. The minimum Gasteiger partial charge on any atom is -0.492 e. The molecule has 1 amide bonds. The zero-order chi connectivity index (χ0) is 22.0. The van der Waals surface area contributed by atoms with Crippen molar-refractivity contribution in [3.8, 4) is 17.6 Å². The number of hydrogen-bond donors (Lipinski definition) is 0. The third-order valence-corrected chi connectivity index (χ3v) is 5.83. The molecule has 0 spiro atoms. The number of rotatable bonds is 4. The summed E-state index contributed by atoms with van der Waals surface area (Å²) in [5, 5.41) is 9.68. The number of amides is 1. The summed E-state index contributed by atoms with van der Waals surface area (Å²) in [5.74, 6) is -0.108. The maximum absolute atomic E-state index is 14.5. The average molecular weight is 443 g/mol. The van der Waals surface area contributed by atoms with E-state index in [0.29, 0.717) is 60.2 Å². The number of piperidine rings is 1. The lowest BCUT2D eigenvalue weighted by atomic mass is 9.96. The summed E-state index contributed by atoms with van der Waals surface area (Å²) in [7, 11) is 0. The van der Waals surface area contributed by atoms with Crippen LogP contribution in [0.4, 0.5) is 4.39 Å². The van der Waals surface area contributed by atoms with Gasteiger partial charge in [0, 0.05) is 36.2 Å². The zero-order valence-electron chi connectivity index (χ0n) is 16.7. The molecule has 0 radical (unpaired) electrons. The van der Waals surface area contributed by atoms with Crippen molar-refractivity contribution >= 4 is 23.3 Å². The monoisotopic (exact) mass is 442 g/mol. The van der Waals surface area contributed by atoms with Crippen molar-refractivity contribution in [3.63, 3.8) is 0 Å². The van der Waals surface area contributed by atoms with Crippen LogP contribution in [0.15, 0.2) is 30.3 Å². The number of ketones is 1. The first-order chi connectivity index (χ1) is 14.9. The molecule has 4 rings (SSSR count). The Morgan fingerprint density at radius 2 is 2.06 bits per heavy atom. The molecule has 0 N–H and O–H groups in total. The van der Waals surface area contributed by atoms with Crippen molar-refractivity contribution in [2.24, 2.45) is 5.92 Å². The van der Waals surface area contributed by atoms with E-state index >= 15 is 0 Å². The van der Waals surface area contributed by atoms with Crippen LogP contribution in [-0.4, -0.2) is 42.9 Å². The number of benzene rings is 2. The lowest BCUT2D eigenvalue weighted by Crippen LogP contribution is -2.40. The number of carbonyl (C=O) groups excluding carboxylic acids is 2. The maximum Gasteiger partial charge on any atom is 0.256 e. The number of ether oxygens (including phenoxy) is 2. The van der Waals surface area contributed by atoms with Crippen molar-refractivity contribution < 1.29 is 23.5 Å². The SMILES string of the molecule is N#Cc1cc(Cl)ccc1OCC1CCN(C(=O)c2cc3c(cc2F)OCC(=O)C3)CC1. The molecule has 2 heterocycles. The smallest absolute Gasteiger partial charge is 0.256 e. The first kappa shape index (κ1) is 21.1. The van der Waals surface area contributed by atoms with Crippen LogP contribution in [0.25, 0.3) is 0 Å². The second kappa shape index (κ2) is 8.94. The van der Waals surface area contributed by atoms with E-state index in [0.717, 1.165) is 0 Å². The molecule has 6 nitrogen and oxygen atoms in total. The molecule has 2 aliphatic heterocycles. The minimum atomic E-state index is -0.643. The van der Waals surface area contributed by atoms with Crippen LogP contribution in [0.5, 0.6) is 11.5 Å². The molecule has 2 aliphatic rings. The van der Waals surface area contributed by atoms with E-state index in [4.69, 9.17) is 21.1 Å². The van der Waals surface area contributed by atoms with Crippen molar-refractivity contribution in [2.45, 2.75) is 19.3 Å². The van der Waals surface area contributed by atoms with E-state index in [1.807, 2.05) is 0 Å². The summed E-state index contributed by atoms with van der Waals surface area (Å²) in [6.45, 7) is 1.31. The van der Waals surface area contributed by atoms with Gasteiger partial charge in [-0.3, -0.25) is 9.59 Å². The van der Waals surface area contributed by atoms with E-state index in [2.05, 4.69) is 6.07 Å². The molecule has 160 valence electrons. The highest BCUT2D eigenvalue weighted by Gasteiger charge is 2.28. The van der Waals surface area contributed by atoms with Gasteiger partial charge in [0.15, 0.2) is 5.78 Å². The second-order valence-corrected chi connectivity index (χ2v) is 8.18. The molecule has 1 fully saturated rings. The summed E-state index contributed by atoms with van der Waals surface area (Å²) >= 11 is 5.90. The molecular weight excluding hydrogens is 423 g/mol. The molecule has 0 atom stereocenters. The highest BCUT2D eigenvalue weighted by Crippen LogP contribution is 2.29. The second-order valence-electron chi connectivity index (χ2n) is 7.74. The van der Waals surface area contributed by atoms with Gasteiger partial charge in [-0.25, -0.2) is 4.39 Å². The predicted octanol–water partition coefficient (Wildman–Crippen LogP) is 3.79. The Kier molecular flexibility index (Phi) is 6.10. The van der Waals surface area contributed by atoms with Crippen LogP contribution in [-0.2, 0) is 11.2 Å². The zero-order valence-corrected chi connectivity index (χ0v) is 17.5. The van der Waals surface area contributed by atoms with Crippen LogP contribution in [0.1, 0.15) is 34.3 Å². The molecular formula is C23H20ClFN2O4. The van der Waals surface area contributed by atoms with Crippen LogP contribution >= 0.6 is 11.6 Å². The summed E-state index contributed by atoms with van der Waals surface area (Å²) in [4.78, 5) is 26.1. The number of halogens is 2. The van der Waals surface area contributed by atoms with E-state index in [1.165, 1.54) is 12.1 Å². The van der Waals surface area contributed by atoms with E-state index in [1.54, 1.807) is 23.1 Å². The highest BCUT2D eigenvalue weighted by molar-refractivity contribution is 6.30. The third kappa shape index (κ3) is 4.64. The van der Waals surface area contributed by atoms with E-state index < -0.39 is 5.82 Å². The summed E-state index contributed by atoms with van der Waals surface area (Å²) in [6, 6.07) is 9.59. The van der Waals surface area contributed by atoms with Crippen LogP contribution < -0.4 is 9.47 Å². The predicted molar refractivity (Wildman–Crippen MR) is 111 cm³/mol.